The van der Waals surface area contributed by atoms with Crippen LogP contribution in [0.4, 0.5) is 10.2 Å². The van der Waals surface area contributed by atoms with Crippen LogP contribution >= 0.6 is 15.9 Å². The Balaban J connectivity index is 2.56. The van der Waals surface area contributed by atoms with Gasteiger partial charge in [0.25, 0.3) is 0 Å². The van der Waals surface area contributed by atoms with Crippen molar-refractivity contribution in [2.75, 3.05) is 11.9 Å². The molecule has 2 aromatic rings. The fourth-order valence-corrected chi connectivity index (χ4v) is 2.16. The molecular weight excluding hydrogens is 309 g/mol. The third kappa shape index (κ3) is 2.92. The van der Waals surface area contributed by atoms with Crippen molar-refractivity contribution in [2.45, 2.75) is 20.8 Å². The Labute approximate surface area is 120 Å². The normalized spacial score (nSPS) is 10.6. The summed E-state index contributed by atoms with van der Waals surface area (Å²) in [5, 5.41) is 3.19. The predicted molar refractivity (Wildman–Crippen MR) is 78.8 cm³/mol. The van der Waals surface area contributed by atoms with Crippen LogP contribution in [-0.2, 0) is 0 Å². The zero-order chi connectivity index (χ0) is 14.0. The molecule has 0 radical (unpaired) electrons. The van der Waals surface area contributed by atoms with E-state index in [1.54, 1.807) is 6.07 Å². The summed E-state index contributed by atoms with van der Waals surface area (Å²) < 4.78 is 14.0. The SMILES string of the molecule is CCNc1nc(-c2ccc(F)cc2C)nc(C)c1Br. The maximum Gasteiger partial charge on any atom is 0.162 e. The van der Waals surface area contributed by atoms with Crippen LogP contribution < -0.4 is 5.32 Å². The molecule has 100 valence electrons. The first-order chi connectivity index (χ1) is 9.02. The Morgan fingerprint density at radius 1 is 1.26 bits per heavy atom. The number of aryl methyl sites for hydroxylation is 2. The van der Waals surface area contributed by atoms with Crippen molar-refractivity contribution in [3.05, 3.63) is 39.7 Å². The highest BCUT2D eigenvalue weighted by molar-refractivity contribution is 9.10. The molecule has 19 heavy (non-hydrogen) atoms. The van der Waals surface area contributed by atoms with E-state index in [2.05, 4.69) is 31.2 Å². The molecule has 1 aromatic heterocycles. The summed E-state index contributed by atoms with van der Waals surface area (Å²) in [5.74, 6) is 1.12. The van der Waals surface area contributed by atoms with Crippen LogP contribution in [-0.4, -0.2) is 16.5 Å². The highest BCUT2D eigenvalue weighted by Gasteiger charge is 2.12. The molecule has 0 bridgehead atoms. The average Bonchev–Trinajstić information content (AvgIpc) is 2.35. The van der Waals surface area contributed by atoms with Crippen LogP contribution in [0.5, 0.6) is 0 Å². The minimum Gasteiger partial charge on any atom is -0.369 e. The molecule has 1 heterocycles. The third-order valence-corrected chi connectivity index (χ3v) is 3.74. The second-order valence-corrected chi connectivity index (χ2v) is 5.08. The summed E-state index contributed by atoms with van der Waals surface area (Å²) >= 11 is 3.47. The van der Waals surface area contributed by atoms with E-state index in [9.17, 15) is 4.39 Å². The lowest BCUT2D eigenvalue weighted by Crippen LogP contribution is -2.05. The number of nitrogens with one attached hydrogen (secondary N) is 1. The lowest BCUT2D eigenvalue weighted by Gasteiger charge is -2.11. The lowest BCUT2D eigenvalue weighted by atomic mass is 10.1. The predicted octanol–water partition coefficient (Wildman–Crippen LogP) is 4.09. The fourth-order valence-electron chi connectivity index (χ4n) is 1.84. The molecule has 0 spiro atoms. The average molecular weight is 324 g/mol. The molecule has 0 fully saturated rings. The van der Waals surface area contributed by atoms with E-state index in [0.29, 0.717) is 5.82 Å². The maximum atomic E-state index is 13.1. The van der Waals surface area contributed by atoms with Gasteiger partial charge in [0.15, 0.2) is 5.82 Å². The van der Waals surface area contributed by atoms with Gasteiger partial charge in [-0.1, -0.05) is 0 Å². The highest BCUT2D eigenvalue weighted by Crippen LogP contribution is 2.28. The minimum atomic E-state index is -0.248. The van der Waals surface area contributed by atoms with E-state index in [1.807, 2.05) is 20.8 Å². The number of rotatable bonds is 3. The molecule has 0 saturated heterocycles. The molecule has 0 saturated carbocycles. The number of benzene rings is 1. The largest absolute Gasteiger partial charge is 0.369 e. The Hall–Kier alpha value is -1.49. The molecule has 3 nitrogen and oxygen atoms in total. The van der Waals surface area contributed by atoms with E-state index in [4.69, 9.17) is 0 Å². The minimum absolute atomic E-state index is 0.248. The second kappa shape index (κ2) is 5.65. The highest BCUT2D eigenvalue weighted by atomic mass is 79.9. The summed E-state index contributed by atoms with van der Waals surface area (Å²) in [6.07, 6.45) is 0. The molecule has 0 aliphatic heterocycles. The van der Waals surface area contributed by atoms with Crippen molar-refractivity contribution < 1.29 is 4.39 Å². The number of nitrogens with zero attached hydrogens (tertiary/aromatic N) is 2. The summed E-state index contributed by atoms with van der Waals surface area (Å²) in [6, 6.07) is 4.63. The Kier molecular flexibility index (Phi) is 4.14. The van der Waals surface area contributed by atoms with Gasteiger partial charge in [-0.2, -0.15) is 0 Å². The standard InChI is InChI=1S/C14H15BrFN3/c1-4-17-14-12(15)9(3)18-13(19-14)11-6-5-10(16)7-8(11)2/h5-7H,4H2,1-3H3,(H,17,18,19). The van der Waals surface area contributed by atoms with Gasteiger partial charge in [-0.3, -0.25) is 0 Å². The number of hydrogen-bond acceptors (Lipinski definition) is 3. The smallest absolute Gasteiger partial charge is 0.162 e. The van der Waals surface area contributed by atoms with Crippen molar-refractivity contribution in [2.24, 2.45) is 0 Å². The van der Waals surface area contributed by atoms with Crippen LogP contribution in [0.2, 0.25) is 0 Å². The number of halogens is 2. The molecular formula is C14H15BrFN3. The molecule has 0 aliphatic rings. The monoisotopic (exact) mass is 323 g/mol. The lowest BCUT2D eigenvalue weighted by molar-refractivity contribution is 0.627. The fraction of sp³-hybridized carbons (Fsp3) is 0.286. The Morgan fingerprint density at radius 3 is 2.63 bits per heavy atom. The zero-order valence-electron chi connectivity index (χ0n) is 11.1. The van der Waals surface area contributed by atoms with Gasteiger partial charge in [0.05, 0.1) is 10.2 Å². The van der Waals surface area contributed by atoms with Crippen molar-refractivity contribution >= 4 is 21.7 Å². The second-order valence-electron chi connectivity index (χ2n) is 4.28. The Morgan fingerprint density at radius 2 is 2.00 bits per heavy atom. The summed E-state index contributed by atoms with van der Waals surface area (Å²) in [4.78, 5) is 8.95. The van der Waals surface area contributed by atoms with Crippen LogP contribution in [0, 0.1) is 19.7 Å². The van der Waals surface area contributed by atoms with Crippen LogP contribution in [0.15, 0.2) is 22.7 Å². The maximum absolute atomic E-state index is 13.1. The van der Waals surface area contributed by atoms with Gasteiger partial charge in [0, 0.05) is 12.1 Å². The van der Waals surface area contributed by atoms with Crippen LogP contribution in [0.1, 0.15) is 18.2 Å². The van der Waals surface area contributed by atoms with Crippen molar-refractivity contribution in [3.8, 4) is 11.4 Å². The zero-order valence-corrected chi connectivity index (χ0v) is 12.7. The van der Waals surface area contributed by atoms with E-state index < -0.39 is 0 Å². The molecule has 5 heteroatoms. The number of aromatic nitrogens is 2. The van der Waals surface area contributed by atoms with Crippen molar-refractivity contribution in [1.82, 2.24) is 9.97 Å². The molecule has 0 atom stereocenters. The molecule has 0 amide bonds. The van der Waals surface area contributed by atoms with Gasteiger partial charge in [-0.25, -0.2) is 14.4 Å². The van der Waals surface area contributed by atoms with E-state index >= 15 is 0 Å². The topological polar surface area (TPSA) is 37.8 Å². The van der Waals surface area contributed by atoms with Gasteiger partial charge >= 0.3 is 0 Å². The number of hydrogen-bond donors (Lipinski definition) is 1. The van der Waals surface area contributed by atoms with Crippen LogP contribution in [0.25, 0.3) is 11.4 Å². The first-order valence-electron chi connectivity index (χ1n) is 6.07. The van der Waals surface area contributed by atoms with Crippen molar-refractivity contribution in [1.29, 1.82) is 0 Å². The molecule has 1 aromatic carbocycles. The molecule has 2 rings (SSSR count). The summed E-state index contributed by atoms with van der Waals surface area (Å²) in [6.45, 7) is 6.55. The van der Waals surface area contributed by atoms with Gasteiger partial charge in [-0.15, -0.1) is 0 Å². The molecule has 1 N–H and O–H groups in total. The van der Waals surface area contributed by atoms with Crippen molar-refractivity contribution in [3.63, 3.8) is 0 Å². The first-order valence-corrected chi connectivity index (χ1v) is 6.86. The quantitative estimate of drug-likeness (QED) is 0.924. The van der Waals surface area contributed by atoms with E-state index in [1.165, 1.54) is 12.1 Å². The summed E-state index contributed by atoms with van der Waals surface area (Å²) in [7, 11) is 0. The van der Waals surface area contributed by atoms with E-state index in [0.717, 1.165) is 33.7 Å². The molecule has 0 unspecified atom stereocenters. The van der Waals surface area contributed by atoms with Crippen LogP contribution in [0.3, 0.4) is 0 Å². The number of anilines is 1. The van der Waals surface area contributed by atoms with Gasteiger partial charge in [0.1, 0.15) is 11.6 Å². The molecule has 0 aliphatic carbocycles. The summed E-state index contributed by atoms with van der Waals surface area (Å²) in [5.41, 5.74) is 2.52. The Bertz CT molecular complexity index is 614. The van der Waals surface area contributed by atoms with Gasteiger partial charge in [-0.05, 0) is 60.5 Å². The third-order valence-electron chi connectivity index (χ3n) is 2.79. The van der Waals surface area contributed by atoms with Gasteiger partial charge < -0.3 is 5.32 Å². The van der Waals surface area contributed by atoms with E-state index in [-0.39, 0.29) is 5.82 Å². The first kappa shape index (κ1) is 13.9. The van der Waals surface area contributed by atoms with Gasteiger partial charge in [0.2, 0.25) is 0 Å².